The van der Waals surface area contributed by atoms with E-state index < -0.39 is 34.5 Å². The van der Waals surface area contributed by atoms with Crippen molar-refractivity contribution in [3.8, 4) is 0 Å². The molecule has 0 aromatic carbocycles. The van der Waals surface area contributed by atoms with Crippen LogP contribution >= 0.6 is 15.9 Å². The van der Waals surface area contributed by atoms with Gasteiger partial charge in [0.1, 0.15) is 0 Å². The van der Waals surface area contributed by atoms with E-state index in [1.807, 2.05) is 0 Å². The van der Waals surface area contributed by atoms with Crippen LogP contribution in [0.15, 0.2) is 0 Å². The van der Waals surface area contributed by atoms with Crippen LogP contribution in [0.4, 0.5) is 0 Å². The van der Waals surface area contributed by atoms with Gasteiger partial charge in [-0.1, -0.05) is 45.4 Å². The molecule has 0 bridgehead atoms. The van der Waals surface area contributed by atoms with Crippen molar-refractivity contribution in [1.29, 1.82) is 0 Å². The molecule has 0 radical (unpaired) electrons. The van der Waals surface area contributed by atoms with Gasteiger partial charge in [0.2, 0.25) is 0 Å². The lowest BCUT2D eigenvalue weighted by Crippen LogP contribution is -2.11. The monoisotopic (exact) mass is 473 g/mol. The summed E-state index contributed by atoms with van der Waals surface area (Å²) in [5, 5.41) is 23.5. The van der Waals surface area contributed by atoms with Crippen molar-refractivity contribution in [1.82, 2.24) is 0 Å². The number of rotatable bonds is 8. The van der Waals surface area contributed by atoms with Gasteiger partial charge in [0, 0.05) is 6.16 Å². The Morgan fingerprint density at radius 2 is 0.966 bits per heavy atom. The molecule has 0 aromatic rings. The van der Waals surface area contributed by atoms with Crippen LogP contribution < -0.4 is 17.2 Å². The number of aliphatic hydroxyl groups excluding tert-OH is 3. The first kappa shape index (κ1) is 39.5. The summed E-state index contributed by atoms with van der Waals surface area (Å²) in [6, 6.07) is 0. The van der Waals surface area contributed by atoms with Gasteiger partial charge in [0.05, 0.1) is 18.7 Å². The molecule has 14 heteroatoms. The fourth-order valence-electron chi connectivity index (χ4n) is 1.27. The highest BCUT2D eigenvalue weighted by Crippen LogP contribution is 2.35. The molecule has 0 aliphatic carbocycles. The SMILES string of the molecule is CC(N)O.CC(N)O.CC(N)O.CCCCCCCCCP(=O)(O)O.O=[PH](O)O. The summed E-state index contributed by atoms with van der Waals surface area (Å²) in [5.41, 5.74) is 14.0. The van der Waals surface area contributed by atoms with E-state index in [1.165, 1.54) is 46.5 Å². The van der Waals surface area contributed by atoms with Crippen molar-refractivity contribution in [3.05, 3.63) is 0 Å². The zero-order valence-corrected chi connectivity index (χ0v) is 19.9. The molecular weight excluding hydrogens is 428 g/mol. The van der Waals surface area contributed by atoms with Crippen LogP contribution in [0.5, 0.6) is 0 Å². The second kappa shape index (κ2) is 30.3. The van der Waals surface area contributed by atoms with Gasteiger partial charge in [-0.15, -0.1) is 0 Å². The van der Waals surface area contributed by atoms with Gasteiger partial charge in [-0.2, -0.15) is 0 Å². The summed E-state index contributed by atoms with van der Waals surface area (Å²) in [6.07, 6.45) is 5.76. The van der Waals surface area contributed by atoms with Crippen LogP contribution in [0.2, 0.25) is 0 Å². The first-order valence-corrected chi connectivity index (χ1v) is 12.4. The lowest BCUT2D eigenvalue weighted by atomic mass is 10.1. The summed E-state index contributed by atoms with van der Waals surface area (Å²) in [7, 11) is -6.86. The van der Waals surface area contributed by atoms with Crippen molar-refractivity contribution in [2.45, 2.75) is 91.3 Å². The molecule has 0 aliphatic rings. The third-order valence-electron chi connectivity index (χ3n) is 2.05. The Bertz CT molecular complexity index is 331. The zero-order chi connectivity index (χ0) is 24.5. The third kappa shape index (κ3) is 188. The molecule has 0 aromatic heterocycles. The van der Waals surface area contributed by atoms with E-state index in [4.69, 9.17) is 39.5 Å². The molecular formula is C15H45N3O9P2. The maximum Gasteiger partial charge on any atom is 0.325 e. The Kier molecular flexibility index (Phi) is 41.2. The van der Waals surface area contributed by atoms with Gasteiger partial charge in [-0.05, 0) is 27.2 Å². The Hall–Kier alpha value is 0.0600. The minimum atomic E-state index is -3.73. The first-order chi connectivity index (χ1) is 13.0. The van der Waals surface area contributed by atoms with Crippen molar-refractivity contribution in [2.24, 2.45) is 17.2 Å². The molecule has 0 aliphatic heterocycles. The quantitative estimate of drug-likeness (QED) is 0.128. The Morgan fingerprint density at radius 3 is 1.17 bits per heavy atom. The van der Waals surface area contributed by atoms with Crippen molar-refractivity contribution in [3.63, 3.8) is 0 Å². The molecule has 3 atom stereocenters. The maximum absolute atomic E-state index is 10.5. The van der Waals surface area contributed by atoms with E-state index in [-0.39, 0.29) is 6.16 Å². The topological polar surface area (TPSA) is 254 Å². The van der Waals surface area contributed by atoms with Crippen molar-refractivity contribution >= 4 is 15.9 Å². The van der Waals surface area contributed by atoms with Gasteiger partial charge >= 0.3 is 15.9 Å². The highest BCUT2D eigenvalue weighted by atomic mass is 31.2. The van der Waals surface area contributed by atoms with Crippen LogP contribution in [-0.2, 0) is 9.13 Å². The van der Waals surface area contributed by atoms with E-state index in [9.17, 15) is 4.57 Å². The van der Waals surface area contributed by atoms with Crippen LogP contribution in [0.3, 0.4) is 0 Å². The third-order valence-corrected chi connectivity index (χ3v) is 2.95. The summed E-state index contributed by atoms with van der Waals surface area (Å²) in [5.74, 6) is 0. The molecule has 0 rings (SSSR count). The van der Waals surface area contributed by atoms with Gasteiger partial charge in [-0.25, -0.2) is 0 Å². The van der Waals surface area contributed by atoms with E-state index in [0.29, 0.717) is 6.42 Å². The van der Waals surface area contributed by atoms with Gasteiger partial charge in [0.25, 0.3) is 0 Å². The van der Waals surface area contributed by atoms with Crippen LogP contribution in [0.1, 0.15) is 72.6 Å². The largest absolute Gasteiger partial charge is 0.379 e. The minimum Gasteiger partial charge on any atom is -0.379 e. The predicted octanol–water partition coefficient (Wildman–Crippen LogP) is 0.126. The number of aliphatic hydroxyl groups is 3. The van der Waals surface area contributed by atoms with E-state index >= 15 is 0 Å². The van der Waals surface area contributed by atoms with Gasteiger partial charge < -0.3 is 52.1 Å². The average Bonchev–Trinajstić information content (AvgIpc) is 2.42. The van der Waals surface area contributed by atoms with E-state index in [0.717, 1.165) is 12.8 Å². The fraction of sp³-hybridized carbons (Fsp3) is 1.00. The van der Waals surface area contributed by atoms with Crippen LogP contribution in [-0.4, -0.2) is 59.7 Å². The van der Waals surface area contributed by atoms with Crippen LogP contribution in [0.25, 0.3) is 0 Å². The normalized spacial score (nSPS) is 13.1. The molecule has 29 heavy (non-hydrogen) atoms. The molecule has 0 saturated heterocycles. The van der Waals surface area contributed by atoms with Gasteiger partial charge in [0.15, 0.2) is 0 Å². The molecule has 0 saturated carbocycles. The van der Waals surface area contributed by atoms with E-state index in [2.05, 4.69) is 24.1 Å². The summed E-state index contributed by atoms with van der Waals surface area (Å²) >= 11 is 0. The standard InChI is InChI=1S/C9H21O3P.3C2H7NO.H3O3P/c1-2-3-4-5-6-7-8-9-13(10,11)12;3*1-2(3)4;1-4(2)3/h2-9H2,1H3,(H2,10,11,12);3*2,4H,3H2,1H3;4H,(H2,1,2,3). The summed E-state index contributed by atoms with van der Waals surface area (Å²) in [6.45, 7) is 6.67. The maximum atomic E-state index is 10.5. The molecule has 0 fully saturated rings. The Morgan fingerprint density at radius 1 is 0.759 bits per heavy atom. The molecule has 0 spiro atoms. The highest BCUT2D eigenvalue weighted by Gasteiger charge is 2.10. The lowest BCUT2D eigenvalue weighted by Gasteiger charge is -2.03. The Balaban J connectivity index is -0.0000000984. The number of nitrogens with two attached hydrogens (primary N) is 3. The molecule has 12 nitrogen and oxygen atoms in total. The predicted molar refractivity (Wildman–Crippen MR) is 116 cm³/mol. The number of hydrogen-bond acceptors (Lipinski definition) is 8. The van der Waals surface area contributed by atoms with Crippen LogP contribution in [0, 0.1) is 0 Å². The smallest absolute Gasteiger partial charge is 0.325 e. The highest BCUT2D eigenvalue weighted by molar-refractivity contribution is 7.51. The second-order valence-corrected chi connectivity index (χ2v) is 8.36. The molecule has 3 unspecified atom stereocenters. The van der Waals surface area contributed by atoms with Gasteiger partial charge in [-0.3, -0.25) is 9.13 Å². The first-order valence-electron chi connectivity index (χ1n) is 9.26. The summed E-state index contributed by atoms with van der Waals surface area (Å²) in [4.78, 5) is 31.5. The average molecular weight is 473 g/mol. The molecule has 13 N–H and O–H groups in total. The zero-order valence-electron chi connectivity index (χ0n) is 18.0. The number of unbranched alkanes of at least 4 members (excludes halogenated alkanes) is 6. The number of hydrogen-bond donors (Lipinski definition) is 10. The van der Waals surface area contributed by atoms with E-state index in [1.54, 1.807) is 0 Å². The molecule has 0 heterocycles. The Labute approximate surface area is 175 Å². The second-order valence-electron chi connectivity index (χ2n) is 6.01. The minimum absolute atomic E-state index is 0.0563. The van der Waals surface area contributed by atoms with Crippen molar-refractivity contribution < 1.29 is 44.0 Å². The van der Waals surface area contributed by atoms with Crippen molar-refractivity contribution in [2.75, 3.05) is 6.16 Å². The summed E-state index contributed by atoms with van der Waals surface area (Å²) < 4.78 is 19.2. The molecule has 184 valence electrons. The lowest BCUT2D eigenvalue weighted by molar-refractivity contribution is 0.202. The molecule has 0 amide bonds. The fourth-order valence-corrected chi connectivity index (χ4v) is 1.91.